The van der Waals surface area contributed by atoms with E-state index in [0.29, 0.717) is 94.1 Å². The van der Waals surface area contributed by atoms with Gasteiger partial charge in [0.1, 0.15) is 34.6 Å². The van der Waals surface area contributed by atoms with Gasteiger partial charge in [0, 0.05) is 56.2 Å². The van der Waals surface area contributed by atoms with Gasteiger partial charge in [-0.05, 0) is 92.0 Å². The molecule has 4 aliphatic rings. The molecule has 0 radical (unpaired) electrons. The van der Waals surface area contributed by atoms with Gasteiger partial charge in [0.15, 0.2) is 0 Å². The zero-order valence-corrected chi connectivity index (χ0v) is 38.0. The van der Waals surface area contributed by atoms with Gasteiger partial charge in [0.05, 0.1) is 38.2 Å². The van der Waals surface area contributed by atoms with Gasteiger partial charge in [-0.2, -0.15) is 0 Å². The largest absolute Gasteiger partial charge is 0.453 e. The Balaban J connectivity index is 0.918. The molecule has 17 heteroatoms. The lowest BCUT2D eigenvalue weighted by Gasteiger charge is -2.34. The van der Waals surface area contributed by atoms with Crippen LogP contribution in [0.15, 0.2) is 54.7 Å². The Labute approximate surface area is 383 Å². The van der Waals surface area contributed by atoms with Crippen LogP contribution in [0.2, 0.25) is 5.15 Å². The van der Waals surface area contributed by atoms with Crippen molar-refractivity contribution in [3.8, 4) is 34.4 Å². The van der Waals surface area contributed by atoms with Gasteiger partial charge in [-0.3, -0.25) is 9.59 Å². The molecule has 0 aliphatic carbocycles. The molecule has 4 saturated heterocycles. The highest BCUT2D eigenvalue weighted by Gasteiger charge is 2.44. The molecular formula is C48H57ClN8O8. The summed E-state index contributed by atoms with van der Waals surface area (Å²) in [6, 6.07) is 13.6. The summed E-state index contributed by atoms with van der Waals surface area (Å²) in [7, 11) is 2.60. The first-order valence-electron chi connectivity index (χ1n) is 22.5. The molecule has 4 amide bonds. The zero-order valence-electron chi connectivity index (χ0n) is 37.2. The molecule has 0 spiro atoms. The molecule has 2 aromatic carbocycles. The topological polar surface area (TPSA) is 193 Å². The number of likely N-dealkylation sites (tertiary alicyclic amines) is 2. The molecule has 4 aliphatic heterocycles. The van der Waals surface area contributed by atoms with E-state index in [1.807, 2.05) is 58.3 Å². The molecule has 0 saturated carbocycles. The van der Waals surface area contributed by atoms with E-state index in [1.165, 1.54) is 14.2 Å². The quantitative estimate of drug-likeness (QED) is 0.125. The van der Waals surface area contributed by atoms with Crippen molar-refractivity contribution in [2.75, 3.05) is 53.7 Å². The Morgan fingerprint density at radius 3 is 1.65 bits per heavy atom. The number of rotatable bonds is 10. The van der Waals surface area contributed by atoms with Crippen molar-refractivity contribution in [1.82, 2.24) is 40.4 Å². The molecule has 4 fully saturated rings. The number of methoxy groups -OCH3 is 2. The lowest BCUT2D eigenvalue weighted by Crippen LogP contribution is -2.53. The number of halogens is 1. The molecule has 8 rings (SSSR count). The highest BCUT2D eigenvalue weighted by atomic mass is 35.5. The maximum atomic E-state index is 14.1. The second-order valence-electron chi connectivity index (χ2n) is 17.7. The Bertz CT molecular complexity index is 2380. The van der Waals surface area contributed by atoms with Crippen LogP contribution in [-0.4, -0.2) is 120 Å². The number of aromatic nitrogens is 4. The van der Waals surface area contributed by atoms with E-state index in [0.717, 1.165) is 34.4 Å². The minimum absolute atomic E-state index is 0.0458. The van der Waals surface area contributed by atoms with E-state index in [1.54, 1.807) is 6.20 Å². The SMILES string of the molecule is COC(=O)N[C@H](C(=O)N1C[C@@H](C)C[C@H]1c1ncc(-c2ccc(C#Cc3ccc(-c4nc([C@@H]5C[C@H](C)CN5C(=O)[C@@H](NC(=O)OC)C5CCOCC5)[nH]c4Cl)cc3)cc2)[nH]1)C1CCOCC1. The van der Waals surface area contributed by atoms with Crippen molar-refractivity contribution in [3.05, 3.63) is 82.7 Å². The van der Waals surface area contributed by atoms with Gasteiger partial charge in [0.2, 0.25) is 11.8 Å². The number of H-pyrrole nitrogens is 2. The van der Waals surface area contributed by atoms with E-state index in [2.05, 4.69) is 46.3 Å². The van der Waals surface area contributed by atoms with Crippen LogP contribution in [0.1, 0.15) is 87.2 Å². The molecule has 6 atom stereocenters. The molecule has 2 aromatic heterocycles. The third-order valence-corrected chi connectivity index (χ3v) is 13.4. The van der Waals surface area contributed by atoms with Crippen LogP contribution < -0.4 is 10.6 Å². The van der Waals surface area contributed by atoms with Crippen LogP contribution in [0.5, 0.6) is 0 Å². The number of benzene rings is 2. The number of carbonyl (C=O) groups excluding carboxylic acids is 4. The van der Waals surface area contributed by atoms with Crippen LogP contribution in [0, 0.1) is 35.5 Å². The number of nitrogens with one attached hydrogen (secondary N) is 4. The van der Waals surface area contributed by atoms with E-state index < -0.39 is 24.3 Å². The van der Waals surface area contributed by atoms with Crippen molar-refractivity contribution in [3.63, 3.8) is 0 Å². The fourth-order valence-corrected chi connectivity index (χ4v) is 9.90. The van der Waals surface area contributed by atoms with Crippen LogP contribution >= 0.6 is 11.6 Å². The van der Waals surface area contributed by atoms with Gasteiger partial charge in [0.25, 0.3) is 0 Å². The molecule has 4 N–H and O–H groups in total. The third kappa shape index (κ3) is 10.5. The Morgan fingerprint density at radius 1 is 0.708 bits per heavy atom. The van der Waals surface area contributed by atoms with Crippen LogP contribution in [-0.2, 0) is 28.5 Å². The number of hydrogen-bond acceptors (Lipinski definition) is 10. The monoisotopic (exact) mass is 908 g/mol. The molecule has 6 heterocycles. The maximum absolute atomic E-state index is 14.1. The molecule has 0 unspecified atom stereocenters. The first kappa shape index (κ1) is 45.7. The lowest BCUT2D eigenvalue weighted by molar-refractivity contribution is -0.137. The van der Waals surface area contributed by atoms with Gasteiger partial charge < -0.3 is 49.3 Å². The first-order valence-corrected chi connectivity index (χ1v) is 22.9. The summed E-state index contributed by atoms with van der Waals surface area (Å²) in [5, 5.41) is 6.00. The summed E-state index contributed by atoms with van der Waals surface area (Å²) in [6.07, 6.45) is 4.66. The molecule has 65 heavy (non-hydrogen) atoms. The van der Waals surface area contributed by atoms with Crippen molar-refractivity contribution < 1.29 is 38.1 Å². The fraction of sp³-hybridized carbons (Fsp3) is 0.500. The summed E-state index contributed by atoms with van der Waals surface area (Å²) in [5.74, 6) is 7.87. The van der Waals surface area contributed by atoms with Crippen molar-refractivity contribution in [2.45, 2.75) is 76.5 Å². The minimum Gasteiger partial charge on any atom is -0.453 e. The van der Waals surface area contributed by atoms with Gasteiger partial charge in [-0.15, -0.1) is 0 Å². The first-order chi connectivity index (χ1) is 31.5. The van der Waals surface area contributed by atoms with Crippen molar-refractivity contribution in [1.29, 1.82) is 0 Å². The summed E-state index contributed by atoms with van der Waals surface area (Å²) in [5.41, 5.74) is 4.79. The average Bonchev–Trinajstić information content (AvgIpc) is 4.16. The average molecular weight is 909 g/mol. The van der Waals surface area contributed by atoms with Gasteiger partial charge in [-0.1, -0.05) is 61.6 Å². The highest BCUT2D eigenvalue weighted by molar-refractivity contribution is 6.31. The minimum atomic E-state index is -0.737. The molecule has 16 nitrogen and oxygen atoms in total. The number of imidazole rings is 2. The Hall–Kier alpha value is -5.89. The van der Waals surface area contributed by atoms with E-state index in [-0.39, 0.29) is 47.6 Å². The van der Waals surface area contributed by atoms with E-state index in [4.69, 9.17) is 40.5 Å². The number of nitrogens with zero attached hydrogens (tertiary/aromatic N) is 4. The normalized spacial score (nSPS) is 22.4. The maximum Gasteiger partial charge on any atom is 0.407 e. The van der Waals surface area contributed by atoms with Crippen LogP contribution in [0.4, 0.5) is 9.59 Å². The van der Waals surface area contributed by atoms with E-state index in [9.17, 15) is 19.2 Å². The Morgan fingerprint density at radius 2 is 1.17 bits per heavy atom. The number of hydrogen-bond donors (Lipinski definition) is 4. The fourth-order valence-electron chi connectivity index (χ4n) is 9.65. The second-order valence-corrected chi connectivity index (χ2v) is 18.1. The van der Waals surface area contributed by atoms with Gasteiger partial charge >= 0.3 is 12.2 Å². The smallest absolute Gasteiger partial charge is 0.407 e. The summed E-state index contributed by atoms with van der Waals surface area (Å²) < 4.78 is 20.8. The summed E-state index contributed by atoms with van der Waals surface area (Å²) >= 11 is 6.77. The third-order valence-electron chi connectivity index (χ3n) is 13.1. The highest BCUT2D eigenvalue weighted by Crippen LogP contribution is 2.39. The Kier molecular flexibility index (Phi) is 14.4. The lowest BCUT2D eigenvalue weighted by atomic mass is 9.90. The standard InChI is InChI=1S/C48H57ClN8O8/c1-28-23-37(56(26-28)45(58)40(53-47(60)62-3)34-15-19-64-20-16-34)43-50-25-36(51-43)32-11-7-30(8-12-32)5-6-31-9-13-33(14-10-31)39-42(49)55-44(52-39)38-24-29(2)27-57(38)46(59)41(54-48(61)63-4)35-17-21-65-22-18-35/h7-14,25,28-29,34-35,37-38,40-41H,15-24,26-27H2,1-4H3,(H,50,51)(H,52,55)(H,53,60)(H,54,61)/t28-,29-,37-,38-,40-,41-/m0/s1. The predicted molar refractivity (Wildman–Crippen MR) is 241 cm³/mol. The van der Waals surface area contributed by atoms with Crippen LogP contribution in [0.25, 0.3) is 22.5 Å². The number of aromatic amines is 2. The molecule has 4 aromatic rings. The van der Waals surface area contributed by atoms with Gasteiger partial charge in [-0.25, -0.2) is 19.6 Å². The van der Waals surface area contributed by atoms with E-state index >= 15 is 0 Å². The van der Waals surface area contributed by atoms with Crippen LogP contribution in [0.3, 0.4) is 0 Å². The summed E-state index contributed by atoms with van der Waals surface area (Å²) in [6.45, 7) is 7.48. The summed E-state index contributed by atoms with van der Waals surface area (Å²) in [4.78, 5) is 72.9. The predicted octanol–water partition coefficient (Wildman–Crippen LogP) is 6.64. The molecule has 344 valence electrons. The van der Waals surface area contributed by atoms with Crippen molar-refractivity contribution in [2.24, 2.45) is 23.7 Å². The number of carbonyl (C=O) groups is 4. The molecular weight excluding hydrogens is 852 g/mol. The molecule has 0 bridgehead atoms. The van der Waals surface area contributed by atoms with Crippen molar-refractivity contribution >= 4 is 35.6 Å². The zero-order chi connectivity index (χ0) is 45.6. The number of alkyl carbamates (subject to hydrolysis) is 2. The second kappa shape index (κ2) is 20.5. The number of ether oxygens (including phenoxy) is 4. The number of amides is 4.